The summed E-state index contributed by atoms with van der Waals surface area (Å²) in [5.41, 5.74) is -0.689. The average Bonchev–Trinajstić information content (AvgIpc) is 2.34. The highest BCUT2D eigenvalue weighted by Gasteiger charge is 2.42. The second kappa shape index (κ2) is 5.43. The van der Waals surface area contributed by atoms with Crippen LogP contribution in [0, 0.1) is 5.92 Å². The van der Waals surface area contributed by atoms with Crippen LogP contribution in [0.4, 0.5) is 0 Å². The third-order valence-corrected chi connectivity index (χ3v) is 3.97. The van der Waals surface area contributed by atoms with E-state index in [1.165, 1.54) is 0 Å². The largest absolute Gasteiger partial charge is 0.479 e. The molecular formula is C15H19NO3. The van der Waals surface area contributed by atoms with Crippen LogP contribution in [0.1, 0.15) is 38.2 Å². The molecule has 1 unspecified atom stereocenters. The van der Waals surface area contributed by atoms with Crippen molar-refractivity contribution in [2.45, 2.75) is 38.1 Å². The van der Waals surface area contributed by atoms with Crippen molar-refractivity contribution in [3.63, 3.8) is 0 Å². The Bertz CT molecular complexity index is 468. The van der Waals surface area contributed by atoms with Crippen LogP contribution in [-0.4, -0.2) is 17.0 Å². The first-order chi connectivity index (χ1) is 9.10. The van der Waals surface area contributed by atoms with E-state index in [2.05, 4.69) is 5.32 Å². The molecule has 1 fully saturated rings. The van der Waals surface area contributed by atoms with Gasteiger partial charge < -0.3 is 10.4 Å². The van der Waals surface area contributed by atoms with E-state index in [4.69, 9.17) is 0 Å². The van der Waals surface area contributed by atoms with Gasteiger partial charge in [0, 0.05) is 5.92 Å². The Labute approximate surface area is 112 Å². The molecule has 1 aliphatic carbocycles. The maximum absolute atomic E-state index is 12.1. The standard InChI is InChI=1S/C15H19NO3/c1-2-15(14(18)19,12-9-4-3-5-10-12)16-13(17)11-7-6-8-11/h3-5,9-11H,2,6-8H2,1H3,(H,16,17)(H,18,19). The zero-order valence-electron chi connectivity index (χ0n) is 11.1. The maximum Gasteiger partial charge on any atom is 0.334 e. The highest BCUT2D eigenvalue weighted by molar-refractivity contribution is 5.89. The first kappa shape index (κ1) is 13.6. The van der Waals surface area contributed by atoms with Gasteiger partial charge in [-0.15, -0.1) is 0 Å². The highest BCUT2D eigenvalue weighted by atomic mass is 16.4. The number of carbonyl (C=O) groups excluding carboxylic acids is 1. The molecule has 4 heteroatoms. The molecule has 1 aromatic rings. The summed E-state index contributed by atoms with van der Waals surface area (Å²) in [6, 6.07) is 8.91. The van der Waals surface area contributed by atoms with Crippen molar-refractivity contribution < 1.29 is 14.7 Å². The molecule has 2 N–H and O–H groups in total. The van der Waals surface area contributed by atoms with Gasteiger partial charge >= 0.3 is 5.97 Å². The van der Waals surface area contributed by atoms with Gasteiger partial charge in [-0.1, -0.05) is 43.7 Å². The van der Waals surface area contributed by atoms with E-state index in [1.54, 1.807) is 31.2 Å². The van der Waals surface area contributed by atoms with E-state index in [-0.39, 0.29) is 11.8 Å². The Morgan fingerprint density at radius 1 is 1.32 bits per heavy atom. The van der Waals surface area contributed by atoms with Crippen LogP contribution >= 0.6 is 0 Å². The summed E-state index contributed by atoms with van der Waals surface area (Å²) in [6.45, 7) is 1.78. The second-order valence-electron chi connectivity index (χ2n) is 5.05. The molecule has 0 aromatic heterocycles. The van der Waals surface area contributed by atoms with Crippen LogP contribution in [0.5, 0.6) is 0 Å². The van der Waals surface area contributed by atoms with Crippen LogP contribution < -0.4 is 5.32 Å². The molecule has 0 saturated heterocycles. The first-order valence-corrected chi connectivity index (χ1v) is 6.71. The average molecular weight is 261 g/mol. The summed E-state index contributed by atoms with van der Waals surface area (Å²) in [7, 11) is 0. The number of hydrogen-bond acceptors (Lipinski definition) is 2. The van der Waals surface area contributed by atoms with Crippen LogP contribution in [0.25, 0.3) is 0 Å². The number of carboxylic acids is 1. The van der Waals surface area contributed by atoms with E-state index in [0.717, 1.165) is 19.3 Å². The molecule has 0 aliphatic heterocycles. The number of rotatable bonds is 5. The molecule has 102 valence electrons. The Balaban J connectivity index is 2.29. The normalized spacial score (nSPS) is 18.2. The maximum atomic E-state index is 12.1. The van der Waals surface area contributed by atoms with E-state index >= 15 is 0 Å². The number of hydrogen-bond donors (Lipinski definition) is 2. The quantitative estimate of drug-likeness (QED) is 0.854. The van der Waals surface area contributed by atoms with Gasteiger partial charge in [0.2, 0.25) is 5.91 Å². The monoisotopic (exact) mass is 261 g/mol. The minimum absolute atomic E-state index is 0.0195. The third-order valence-electron chi connectivity index (χ3n) is 3.97. The highest BCUT2D eigenvalue weighted by Crippen LogP contribution is 2.30. The van der Waals surface area contributed by atoms with Crippen LogP contribution in [0.3, 0.4) is 0 Å². The van der Waals surface area contributed by atoms with Crippen LogP contribution in [0.15, 0.2) is 30.3 Å². The van der Waals surface area contributed by atoms with Gasteiger partial charge in [-0.05, 0) is 24.8 Å². The lowest BCUT2D eigenvalue weighted by Gasteiger charge is -2.33. The minimum atomic E-state index is -1.31. The number of nitrogens with one attached hydrogen (secondary N) is 1. The van der Waals surface area contributed by atoms with E-state index < -0.39 is 11.5 Å². The molecule has 1 saturated carbocycles. The third kappa shape index (κ3) is 2.48. The molecule has 1 atom stereocenters. The Hall–Kier alpha value is -1.84. The van der Waals surface area contributed by atoms with Gasteiger partial charge in [0.25, 0.3) is 0 Å². The van der Waals surface area contributed by atoms with E-state index in [0.29, 0.717) is 12.0 Å². The molecule has 19 heavy (non-hydrogen) atoms. The van der Waals surface area contributed by atoms with Crippen molar-refractivity contribution >= 4 is 11.9 Å². The summed E-state index contributed by atoms with van der Waals surface area (Å²) in [6.07, 6.45) is 3.10. The fourth-order valence-corrected chi connectivity index (χ4v) is 2.40. The molecule has 2 rings (SSSR count). The van der Waals surface area contributed by atoms with Crippen LogP contribution in [-0.2, 0) is 15.1 Å². The molecule has 0 bridgehead atoms. The number of aliphatic carboxylic acids is 1. The van der Waals surface area contributed by atoms with Gasteiger partial charge in [-0.25, -0.2) is 4.79 Å². The van der Waals surface area contributed by atoms with Crippen molar-refractivity contribution in [1.82, 2.24) is 5.32 Å². The fraction of sp³-hybridized carbons (Fsp3) is 0.467. The number of carbonyl (C=O) groups is 2. The zero-order valence-corrected chi connectivity index (χ0v) is 11.1. The molecular weight excluding hydrogens is 242 g/mol. The summed E-state index contributed by atoms with van der Waals surface area (Å²) < 4.78 is 0. The zero-order chi connectivity index (χ0) is 13.9. The summed E-state index contributed by atoms with van der Waals surface area (Å²) in [5, 5.41) is 12.3. The second-order valence-corrected chi connectivity index (χ2v) is 5.05. The fourth-order valence-electron chi connectivity index (χ4n) is 2.40. The van der Waals surface area contributed by atoms with Gasteiger partial charge in [0.15, 0.2) is 5.54 Å². The summed E-state index contributed by atoms with van der Waals surface area (Å²) >= 11 is 0. The lowest BCUT2D eigenvalue weighted by atomic mass is 9.82. The molecule has 1 amide bonds. The Kier molecular flexibility index (Phi) is 3.88. The van der Waals surface area contributed by atoms with Gasteiger partial charge in [0.1, 0.15) is 0 Å². The van der Waals surface area contributed by atoms with E-state index in [9.17, 15) is 14.7 Å². The predicted molar refractivity (Wildman–Crippen MR) is 71.5 cm³/mol. The van der Waals surface area contributed by atoms with Gasteiger partial charge in [-0.2, -0.15) is 0 Å². The smallest absolute Gasteiger partial charge is 0.334 e. The summed E-state index contributed by atoms with van der Waals surface area (Å²) in [4.78, 5) is 23.8. The van der Waals surface area contributed by atoms with Gasteiger partial charge in [-0.3, -0.25) is 4.79 Å². The van der Waals surface area contributed by atoms with Crippen molar-refractivity contribution in [2.24, 2.45) is 5.92 Å². The summed E-state index contributed by atoms with van der Waals surface area (Å²) in [5.74, 6) is -1.16. The minimum Gasteiger partial charge on any atom is -0.479 e. The van der Waals surface area contributed by atoms with Crippen LogP contribution in [0.2, 0.25) is 0 Å². The number of amides is 1. The Morgan fingerprint density at radius 3 is 2.37 bits per heavy atom. The molecule has 0 radical (unpaired) electrons. The number of carboxylic acid groups (broad SMARTS) is 1. The van der Waals surface area contributed by atoms with Gasteiger partial charge in [0.05, 0.1) is 0 Å². The predicted octanol–water partition coefficient (Wildman–Crippen LogP) is 2.29. The van der Waals surface area contributed by atoms with Crippen molar-refractivity contribution in [3.8, 4) is 0 Å². The number of benzene rings is 1. The lowest BCUT2D eigenvalue weighted by Crippen LogP contribution is -2.53. The van der Waals surface area contributed by atoms with E-state index in [1.807, 2.05) is 6.07 Å². The lowest BCUT2D eigenvalue weighted by molar-refractivity contribution is -0.149. The topological polar surface area (TPSA) is 66.4 Å². The van der Waals surface area contributed by atoms with Crippen molar-refractivity contribution in [3.05, 3.63) is 35.9 Å². The molecule has 1 aromatic carbocycles. The first-order valence-electron chi connectivity index (χ1n) is 6.71. The van der Waals surface area contributed by atoms with Crippen molar-refractivity contribution in [1.29, 1.82) is 0 Å². The SMILES string of the molecule is CCC(NC(=O)C1CCC1)(C(=O)O)c1ccccc1. The molecule has 0 spiro atoms. The van der Waals surface area contributed by atoms with Crippen molar-refractivity contribution in [2.75, 3.05) is 0 Å². The molecule has 1 aliphatic rings. The molecule has 4 nitrogen and oxygen atoms in total. The Morgan fingerprint density at radius 2 is 1.95 bits per heavy atom. The molecule has 0 heterocycles.